The molecule has 0 amide bonds. The quantitative estimate of drug-likeness (QED) is 0.251. The van der Waals surface area contributed by atoms with E-state index in [4.69, 9.17) is 4.98 Å². The van der Waals surface area contributed by atoms with Crippen LogP contribution in [0, 0.1) is 5.41 Å². The molecule has 2 nitrogen and oxygen atoms in total. The van der Waals surface area contributed by atoms with E-state index in [9.17, 15) is 0 Å². The molecule has 0 N–H and O–H groups in total. The first kappa shape index (κ1) is 21.6. The summed E-state index contributed by atoms with van der Waals surface area (Å²) in [4.78, 5) is 5.98. The molecular formula is C30H28N2S2. The Morgan fingerprint density at radius 3 is 2.65 bits per heavy atom. The fourth-order valence-corrected chi connectivity index (χ4v) is 7.57. The summed E-state index contributed by atoms with van der Waals surface area (Å²) in [5.41, 5.74) is 8.95. The number of rotatable bonds is 4. The van der Waals surface area contributed by atoms with Gasteiger partial charge in [0, 0.05) is 21.3 Å². The molecule has 2 aromatic carbocycles. The van der Waals surface area contributed by atoms with E-state index in [1.807, 2.05) is 17.7 Å². The lowest BCUT2D eigenvalue weighted by Gasteiger charge is -2.37. The Morgan fingerprint density at radius 1 is 0.971 bits per heavy atom. The van der Waals surface area contributed by atoms with E-state index in [1.165, 1.54) is 42.1 Å². The van der Waals surface area contributed by atoms with Crippen molar-refractivity contribution in [3.63, 3.8) is 0 Å². The molecule has 0 radical (unpaired) electrons. The molecule has 0 bridgehead atoms. The van der Waals surface area contributed by atoms with Gasteiger partial charge in [-0.1, -0.05) is 50.8 Å². The molecule has 0 fully saturated rings. The first-order valence-corrected chi connectivity index (χ1v) is 13.8. The molecule has 0 saturated heterocycles. The second-order valence-electron chi connectivity index (χ2n) is 9.28. The normalized spacial score (nSPS) is 15.1. The van der Waals surface area contributed by atoms with Crippen LogP contribution in [-0.4, -0.2) is 9.55 Å². The molecule has 4 heteroatoms. The Balaban J connectivity index is 1.47. The molecule has 1 aliphatic carbocycles. The van der Waals surface area contributed by atoms with Crippen LogP contribution >= 0.6 is 22.7 Å². The van der Waals surface area contributed by atoms with E-state index in [0.29, 0.717) is 0 Å². The SMILES string of the molecule is C=C1c2ccc(-n3cnc(-c4cc5sccc5s4)c3)cc2-c2ccccc2CCC1(CC)CC. The zero-order valence-electron chi connectivity index (χ0n) is 19.7. The number of nitrogens with zero attached hydrogens (tertiary/aromatic N) is 2. The van der Waals surface area contributed by atoms with Gasteiger partial charge in [-0.15, -0.1) is 22.7 Å². The van der Waals surface area contributed by atoms with Crippen LogP contribution < -0.4 is 0 Å². The molecule has 3 heterocycles. The first-order chi connectivity index (χ1) is 16.6. The highest BCUT2D eigenvalue weighted by Gasteiger charge is 2.33. The third-order valence-electron chi connectivity index (χ3n) is 7.77. The number of allylic oxidation sites excluding steroid dienone is 1. The van der Waals surface area contributed by atoms with Gasteiger partial charge in [-0.05, 0) is 88.6 Å². The summed E-state index contributed by atoms with van der Waals surface area (Å²) in [7, 11) is 0. The molecule has 170 valence electrons. The van der Waals surface area contributed by atoms with Gasteiger partial charge >= 0.3 is 0 Å². The van der Waals surface area contributed by atoms with Gasteiger partial charge in [-0.3, -0.25) is 0 Å². The smallest absolute Gasteiger partial charge is 0.0999 e. The summed E-state index contributed by atoms with van der Waals surface area (Å²) in [5, 5.41) is 2.15. The fourth-order valence-electron chi connectivity index (χ4n) is 5.50. The Labute approximate surface area is 209 Å². The van der Waals surface area contributed by atoms with E-state index in [0.717, 1.165) is 37.1 Å². The zero-order valence-corrected chi connectivity index (χ0v) is 21.3. The molecule has 0 saturated carbocycles. The maximum absolute atomic E-state index is 4.75. The van der Waals surface area contributed by atoms with E-state index < -0.39 is 0 Å². The average molecular weight is 481 g/mol. The molecule has 0 atom stereocenters. The van der Waals surface area contributed by atoms with Crippen molar-refractivity contribution in [3.8, 4) is 27.4 Å². The number of aromatic nitrogens is 2. The Morgan fingerprint density at radius 2 is 1.82 bits per heavy atom. The first-order valence-electron chi connectivity index (χ1n) is 12.1. The standard InChI is InChI=1S/C30H28N2S2/c1-4-30(5-2)14-12-21-8-6-7-9-24(21)25-16-22(10-11-23(25)20(30)3)32-18-26(31-19-32)28-17-29-27(34-28)13-15-33-29/h6-11,13,15-19H,3-5,12,14H2,1-2H3. The summed E-state index contributed by atoms with van der Waals surface area (Å²) < 4.78 is 4.82. The second-order valence-corrected chi connectivity index (χ2v) is 11.3. The number of hydrogen-bond donors (Lipinski definition) is 0. The molecule has 5 aromatic rings. The van der Waals surface area contributed by atoms with Gasteiger partial charge in [0.25, 0.3) is 0 Å². The number of fused-ring (bicyclic) bond motifs is 4. The number of thiophene rings is 2. The molecular weight excluding hydrogens is 452 g/mol. The van der Waals surface area contributed by atoms with Crippen LogP contribution in [0.4, 0.5) is 0 Å². The van der Waals surface area contributed by atoms with Crippen molar-refractivity contribution in [2.75, 3.05) is 0 Å². The van der Waals surface area contributed by atoms with Crippen molar-refractivity contribution in [3.05, 3.63) is 90.2 Å². The summed E-state index contributed by atoms with van der Waals surface area (Å²) in [5.74, 6) is 0. The van der Waals surface area contributed by atoms with E-state index in [-0.39, 0.29) is 5.41 Å². The molecule has 1 aliphatic rings. The van der Waals surface area contributed by atoms with Gasteiger partial charge in [-0.25, -0.2) is 4.98 Å². The van der Waals surface area contributed by atoms with Crippen LogP contribution in [0.2, 0.25) is 0 Å². The maximum Gasteiger partial charge on any atom is 0.0999 e. The number of aryl methyl sites for hydroxylation is 1. The highest BCUT2D eigenvalue weighted by Crippen LogP contribution is 2.49. The molecule has 0 spiro atoms. The van der Waals surface area contributed by atoms with Gasteiger partial charge in [0.1, 0.15) is 0 Å². The van der Waals surface area contributed by atoms with Gasteiger partial charge in [0.2, 0.25) is 0 Å². The van der Waals surface area contributed by atoms with Crippen molar-refractivity contribution in [2.45, 2.75) is 39.5 Å². The van der Waals surface area contributed by atoms with Crippen LogP contribution in [0.25, 0.3) is 42.4 Å². The lowest BCUT2D eigenvalue weighted by atomic mass is 9.67. The highest BCUT2D eigenvalue weighted by atomic mass is 32.1. The molecule has 0 aliphatic heterocycles. The predicted molar refractivity (Wildman–Crippen MR) is 148 cm³/mol. The fraction of sp³-hybridized carbons (Fsp3) is 0.233. The molecule has 6 rings (SSSR count). The topological polar surface area (TPSA) is 17.8 Å². The number of imidazole rings is 1. The van der Waals surface area contributed by atoms with Gasteiger partial charge in [0.15, 0.2) is 0 Å². The van der Waals surface area contributed by atoms with Crippen molar-refractivity contribution in [1.29, 1.82) is 0 Å². The van der Waals surface area contributed by atoms with Gasteiger partial charge in [-0.2, -0.15) is 0 Å². The monoisotopic (exact) mass is 480 g/mol. The minimum absolute atomic E-state index is 0.151. The second kappa shape index (κ2) is 8.37. The van der Waals surface area contributed by atoms with Crippen molar-refractivity contribution < 1.29 is 0 Å². The molecule has 3 aromatic heterocycles. The van der Waals surface area contributed by atoms with Crippen LogP contribution in [0.5, 0.6) is 0 Å². The maximum atomic E-state index is 4.75. The van der Waals surface area contributed by atoms with Crippen molar-refractivity contribution >= 4 is 37.6 Å². The van der Waals surface area contributed by atoms with Crippen LogP contribution in [0.3, 0.4) is 0 Å². The minimum atomic E-state index is 0.151. The average Bonchev–Trinajstić information content (AvgIpc) is 3.60. The zero-order chi connectivity index (χ0) is 23.3. The highest BCUT2D eigenvalue weighted by molar-refractivity contribution is 7.28. The largest absolute Gasteiger partial charge is 0.306 e. The van der Waals surface area contributed by atoms with Gasteiger partial charge < -0.3 is 4.57 Å². The summed E-state index contributed by atoms with van der Waals surface area (Å²) in [6.07, 6.45) is 8.58. The van der Waals surface area contributed by atoms with E-state index >= 15 is 0 Å². The van der Waals surface area contributed by atoms with Crippen molar-refractivity contribution in [2.24, 2.45) is 5.41 Å². The lowest BCUT2D eigenvalue weighted by molar-refractivity contribution is 0.341. The summed E-state index contributed by atoms with van der Waals surface area (Å²) >= 11 is 3.60. The molecule has 34 heavy (non-hydrogen) atoms. The van der Waals surface area contributed by atoms with Crippen LogP contribution in [0.15, 0.2) is 79.1 Å². The Kier molecular flexibility index (Phi) is 5.31. The number of benzene rings is 2. The minimum Gasteiger partial charge on any atom is -0.306 e. The Hall–Kier alpha value is -2.95. The predicted octanol–water partition coefficient (Wildman–Crippen LogP) is 9.25. The summed E-state index contributed by atoms with van der Waals surface area (Å²) in [6.45, 7) is 9.31. The summed E-state index contributed by atoms with van der Waals surface area (Å²) in [6, 6.07) is 20.2. The molecule has 0 unspecified atom stereocenters. The third kappa shape index (κ3) is 3.40. The lowest BCUT2D eigenvalue weighted by Crippen LogP contribution is -2.23. The van der Waals surface area contributed by atoms with Gasteiger partial charge in [0.05, 0.1) is 16.9 Å². The van der Waals surface area contributed by atoms with Crippen LogP contribution in [-0.2, 0) is 6.42 Å². The third-order valence-corrected chi connectivity index (χ3v) is 9.89. The van der Waals surface area contributed by atoms with Crippen LogP contribution in [0.1, 0.15) is 44.2 Å². The number of hydrogen-bond acceptors (Lipinski definition) is 3. The van der Waals surface area contributed by atoms with Crippen molar-refractivity contribution in [1.82, 2.24) is 9.55 Å². The van der Waals surface area contributed by atoms with E-state index in [1.54, 1.807) is 11.3 Å². The Bertz CT molecular complexity index is 1480. The van der Waals surface area contributed by atoms with E-state index in [2.05, 4.69) is 91.2 Å².